The van der Waals surface area contributed by atoms with Crippen LogP contribution in [0, 0.1) is 5.92 Å². The minimum Gasteiger partial charge on any atom is -0.505 e. The maximum atomic E-state index is 5.83. The van der Waals surface area contributed by atoms with E-state index < -0.39 is 0 Å². The third-order valence-corrected chi connectivity index (χ3v) is 3.70. The van der Waals surface area contributed by atoms with E-state index in [-0.39, 0.29) is 12.4 Å². The summed E-state index contributed by atoms with van der Waals surface area (Å²) in [5.74, 6) is 1.44. The molecular weight excluding hydrogens is 232 g/mol. The molecule has 0 aromatic rings. The molecule has 0 N–H and O–H groups in total. The first-order valence-electron chi connectivity index (χ1n) is 6.45. The molecular formula is C14H22O4. The van der Waals surface area contributed by atoms with Crippen LogP contribution < -0.4 is 0 Å². The first-order chi connectivity index (χ1) is 8.81. The summed E-state index contributed by atoms with van der Waals surface area (Å²) in [7, 11) is 5.02. The van der Waals surface area contributed by atoms with Crippen LogP contribution in [0.15, 0.2) is 23.7 Å². The molecule has 1 unspecified atom stereocenters. The summed E-state index contributed by atoms with van der Waals surface area (Å²) >= 11 is 0. The predicted octanol–water partition coefficient (Wildman–Crippen LogP) is 2.61. The lowest BCUT2D eigenvalue weighted by molar-refractivity contribution is -0.121. The normalized spacial score (nSPS) is 31.2. The van der Waals surface area contributed by atoms with Crippen LogP contribution in [-0.2, 0) is 18.9 Å². The van der Waals surface area contributed by atoms with Gasteiger partial charge in [0.05, 0.1) is 26.6 Å². The van der Waals surface area contributed by atoms with Gasteiger partial charge < -0.3 is 18.9 Å². The standard InChI is InChI=1S/C14H22O4/c1-15-9-5-4-6-10-7-8-11-12(10)13(16-2)14(17-3)18-11/h5,9-11,14H,4,6-8H2,1-3H3/b9-5+/t10-,11+,14?/m0/s1. The van der Waals surface area contributed by atoms with Crippen molar-refractivity contribution < 1.29 is 18.9 Å². The lowest BCUT2D eigenvalue weighted by Gasteiger charge is -2.15. The Morgan fingerprint density at radius 1 is 1.28 bits per heavy atom. The van der Waals surface area contributed by atoms with Crippen molar-refractivity contribution in [1.29, 1.82) is 0 Å². The lowest BCUT2D eigenvalue weighted by atomic mass is 9.96. The third kappa shape index (κ3) is 2.54. The van der Waals surface area contributed by atoms with Crippen molar-refractivity contribution in [2.45, 2.75) is 38.1 Å². The van der Waals surface area contributed by atoms with E-state index in [1.54, 1.807) is 27.6 Å². The summed E-state index contributed by atoms with van der Waals surface area (Å²) in [6.45, 7) is 0. The molecule has 1 heterocycles. The first-order valence-corrected chi connectivity index (χ1v) is 6.45. The van der Waals surface area contributed by atoms with Crippen LogP contribution in [0.2, 0.25) is 0 Å². The molecule has 0 radical (unpaired) electrons. The second-order valence-electron chi connectivity index (χ2n) is 4.68. The van der Waals surface area contributed by atoms with Crippen LogP contribution in [0.3, 0.4) is 0 Å². The summed E-state index contributed by atoms with van der Waals surface area (Å²) in [5, 5.41) is 0. The second-order valence-corrected chi connectivity index (χ2v) is 4.68. The third-order valence-electron chi connectivity index (χ3n) is 3.70. The van der Waals surface area contributed by atoms with Crippen LogP contribution in [0.1, 0.15) is 25.7 Å². The number of hydrogen-bond donors (Lipinski definition) is 0. The van der Waals surface area contributed by atoms with E-state index in [1.807, 2.05) is 0 Å². The minimum atomic E-state index is -0.313. The van der Waals surface area contributed by atoms with Gasteiger partial charge in [-0.2, -0.15) is 0 Å². The second kappa shape index (κ2) is 6.25. The molecule has 3 atom stereocenters. The van der Waals surface area contributed by atoms with Crippen molar-refractivity contribution in [2.24, 2.45) is 5.92 Å². The largest absolute Gasteiger partial charge is 0.505 e. The SMILES string of the molecule is CO/C=C/CC[C@H]1CC[C@H]2OC(OC)C(OC)=C12. The van der Waals surface area contributed by atoms with E-state index in [0.717, 1.165) is 25.0 Å². The zero-order valence-corrected chi connectivity index (χ0v) is 11.3. The van der Waals surface area contributed by atoms with E-state index in [9.17, 15) is 0 Å². The average molecular weight is 254 g/mol. The minimum absolute atomic E-state index is 0.196. The molecule has 1 aliphatic carbocycles. The quantitative estimate of drug-likeness (QED) is 0.683. The fraction of sp³-hybridized carbons (Fsp3) is 0.714. The van der Waals surface area contributed by atoms with Gasteiger partial charge >= 0.3 is 0 Å². The van der Waals surface area contributed by atoms with Crippen molar-refractivity contribution in [3.05, 3.63) is 23.7 Å². The van der Waals surface area contributed by atoms with E-state index in [1.165, 1.54) is 12.0 Å². The van der Waals surface area contributed by atoms with E-state index >= 15 is 0 Å². The molecule has 0 aromatic heterocycles. The Morgan fingerprint density at radius 2 is 2.11 bits per heavy atom. The zero-order chi connectivity index (χ0) is 13.0. The molecule has 1 aliphatic heterocycles. The predicted molar refractivity (Wildman–Crippen MR) is 67.8 cm³/mol. The summed E-state index contributed by atoms with van der Waals surface area (Å²) in [5.41, 5.74) is 1.31. The Hall–Kier alpha value is -1.00. The van der Waals surface area contributed by atoms with Crippen molar-refractivity contribution >= 4 is 0 Å². The maximum Gasteiger partial charge on any atom is 0.216 e. The summed E-state index contributed by atoms with van der Waals surface area (Å²) in [4.78, 5) is 0. The number of hydrogen-bond acceptors (Lipinski definition) is 4. The lowest BCUT2D eigenvalue weighted by Crippen LogP contribution is -2.16. The monoisotopic (exact) mass is 254 g/mol. The Kier molecular flexibility index (Phi) is 4.66. The van der Waals surface area contributed by atoms with E-state index in [4.69, 9.17) is 18.9 Å². The molecule has 4 heteroatoms. The zero-order valence-electron chi connectivity index (χ0n) is 11.3. The van der Waals surface area contributed by atoms with Gasteiger partial charge in [-0.1, -0.05) is 0 Å². The highest BCUT2D eigenvalue weighted by molar-refractivity contribution is 5.27. The fourth-order valence-electron chi connectivity index (χ4n) is 2.91. The van der Waals surface area contributed by atoms with Gasteiger partial charge in [0.15, 0.2) is 5.76 Å². The number of methoxy groups -OCH3 is 3. The molecule has 4 nitrogen and oxygen atoms in total. The number of ether oxygens (including phenoxy) is 4. The van der Waals surface area contributed by atoms with Crippen LogP contribution in [0.5, 0.6) is 0 Å². The van der Waals surface area contributed by atoms with Crippen molar-refractivity contribution in [3.8, 4) is 0 Å². The Morgan fingerprint density at radius 3 is 2.78 bits per heavy atom. The van der Waals surface area contributed by atoms with Gasteiger partial charge in [-0.05, 0) is 37.7 Å². The maximum absolute atomic E-state index is 5.83. The van der Waals surface area contributed by atoms with Crippen LogP contribution in [-0.4, -0.2) is 33.7 Å². The first kappa shape index (κ1) is 13.4. The molecule has 2 aliphatic rings. The van der Waals surface area contributed by atoms with E-state index in [2.05, 4.69) is 6.08 Å². The molecule has 0 bridgehead atoms. The molecule has 1 fully saturated rings. The van der Waals surface area contributed by atoms with E-state index in [0.29, 0.717) is 5.92 Å². The van der Waals surface area contributed by atoms with Crippen LogP contribution >= 0.6 is 0 Å². The molecule has 0 saturated heterocycles. The van der Waals surface area contributed by atoms with Crippen molar-refractivity contribution in [1.82, 2.24) is 0 Å². The average Bonchev–Trinajstić information content (AvgIpc) is 2.93. The van der Waals surface area contributed by atoms with Gasteiger partial charge in [-0.15, -0.1) is 0 Å². The summed E-state index contributed by atoms with van der Waals surface area (Å²) in [6.07, 6.45) is 8.05. The molecule has 0 spiro atoms. The topological polar surface area (TPSA) is 36.9 Å². The highest BCUT2D eigenvalue weighted by Crippen LogP contribution is 2.44. The number of rotatable bonds is 6. The van der Waals surface area contributed by atoms with Crippen molar-refractivity contribution in [2.75, 3.05) is 21.3 Å². The Bertz CT molecular complexity index is 335. The smallest absolute Gasteiger partial charge is 0.216 e. The molecule has 102 valence electrons. The Labute approximate surface area is 109 Å². The highest BCUT2D eigenvalue weighted by atomic mass is 16.7. The Balaban J connectivity index is 2.02. The molecule has 0 aromatic carbocycles. The molecule has 18 heavy (non-hydrogen) atoms. The fourth-order valence-corrected chi connectivity index (χ4v) is 2.91. The van der Waals surface area contributed by atoms with Crippen molar-refractivity contribution in [3.63, 3.8) is 0 Å². The summed E-state index contributed by atoms with van der Waals surface area (Å²) < 4.78 is 21.5. The number of allylic oxidation sites excluding steroid dienone is 1. The molecule has 0 amide bonds. The highest BCUT2D eigenvalue weighted by Gasteiger charge is 2.43. The summed E-state index contributed by atoms with van der Waals surface area (Å²) in [6, 6.07) is 0. The van der Waals surface area contributed by atoms with Gasteiger partial charge in [0.1, 0.15) is 0 Å². The van der Waals surface area contributed by atoms with Gasteiger partial charge in [-0.25, -0.2) is 0 Å². The van der Waals surface area contributed by atoms with Gasteiger partial charge in [0.2, 0.25) is 6.29 Å². The van der Waals surface area contributed by atoms with Gasteiger partial charge in [-0.3, -0.25) is 0 Å². The molecule has 1 saturated carbocycles. The van der Waals surface area contributed by atoms with Gasteiger partial charge in [0, 0.05) is 12.7 Å². The van der Waals surface area contributed by atoms with Gasteiger partial charge in [0.25, 0.3) is 0 Å². The molecule has 2 rings (SSSR count). The van der Waals surface area contributed by atoms with Crippen LogP contribution in [0.25, 0.3) is 0 Å². The van der Waals surface area contributed by atoms with Crippen LogP contribution in [0.4, 0.5) is 0 Å². The number of fused-ring (bicyclic) bond motifs is 1.